The maximum atomic E-state index is 14.1. The Labute approximate surface area is 251 Å². The van der Waals surface area contributed by atoms with Gasteiger partial charge < -0.3 is 20.0 Å². The smallest absolute Gasteiger partial charge is 0.394 e. The number of nitrogens with zero attached hydrogens (tertiary/aromatic N) is 3. The highest BCUT2D eigenvalue weighted by Crippen LogP contribution is 2.44. The molecule has 1 aliphatic rings. The molecule has 2 unspecified atom stereocenters. The number of likely N-dealkylation sites (N-methyl/N-ethyl adjacent to an activating group) is 1. The Hall–Kier alpha value is -3.85. The molecule has 2 atom stereocenters. The number of hydrogen-bond acceptors (Lipinski definition) is 5. The average molecular weight is 650 g/mol. The van der Waals surface area contributed by atoms with Crippen LogP contribution in [0.5, 0.6) is 0 Å². The van der Waals surface area contributed by atoms with Crippen LogP contribution in [-0.2, 0) is 28.7 Å². The minimum absolute atomic E-state index is 0.00316. The average Bonchev–Trinajstić information content (AvgIpc) is 3.35. The molecule has 2 heterocycles. The number of pyridine rings is 1. The Bertz CT molecular complexity index is 1540. The van der Waals surface area contributed by atoms with Crippen molar-refractivity contribution in [1.82, 2.24) is 4.98 Å². The van der Waals surface area contributed by atoms with Crippen LogP contribution in [0.15, 0.2) is 54.7 Å². The Morgan fingerprint density at radius 1 is 0.889 bits per heavy atom. The van der Waals surface area contributed by atoms with E-state index in [4.69, 9.17) is 0 Å². The summed E-state index contributed by atoms with van der Waals surface area (Å²) < 4.78 is 124. The van der Waals surface area contributed by atoms with Gasteiger partial charge in [-0.15, -0.1) is 0 Å². The summed E-state index contributed by atoms with van der Waals surface area (Å²) >= 11 is 0. The molecule has 1 aliphatic heterocycles. The normalized spacial score (nSPS) is 18.0. The van der Waals surface area contributed by atoms with Gasteiger partial charge in [0.25, 0.3) is 0 Å². The van der Waals surface area contributed by atoms with E-state index in [0.717, 1.165) is 50.2 Å². The lowest BCUT2D eigenvalue weighted by Gasteiger charge is -2.32. The molecule has 2 aromatic carbocycles. The van der Waals surface area contributed by atoms with E-state index in [0.29, 0.717) is 12.1 Å². The first-order valence-electron chi connectivity index (χ1n) is 13.5. The molecule has 6 nitrogen and oxygen atoms in total. The minimum Gasteiger partial charge on any atom is -0.394 e. The summed E-state index contributed by atoms with van der Waals surface area (Å²) in [4.78, 5) is 20.4. The number of β-amino-alcohol motifs (C(OH)–C–C–N with tert-alkyl or cyclic N) is 1. The summed E-state index contributed by atoms with van der Waals surface area (Å²) in [6, 6.07) is 5.80. The molecule has 0 spiro atoms. The predicted molar refractivity (Wildman–Crippen MR) is 146 cm³/mol. The van der Waals surface area contributed by atoms with Crippen molar-refractivity contribution in [3.05, 3.63) is 77.0 Å². The standard InChI is InChI=1S/C30H28F9N3O3/c1-27(2,16-8-17(28(31,32)33)10-18(9-16)29(34,35)36)26(45)41(3)24-13-40-25(42-14-20(44)11-19(42)15-43)12-22(24)21-6-4-5-7-23(21)30(37,38)39/h4-10,12-13,19-20,43-44H,11,14-15H2,1-3H3. The monoisotopic (exact) mass is 649 g/mol. The zero-order valence-corrected chi connectivity index (χ0v) is 24.0. The van der Waals surface area contributed by atoms with Crippen molar-refractivity contribution in [1.29, 1.82) is 0 Å². The molecule has 2 N–H and O–H groups in total. The molecule has 1 amide bonds. The van der Waals surface area contributed by atoms with Gasteiger partial charge in [0, 0.05) is 19.2 Å². The Morgan fingerprint density at radius 3 is 1.98 bits per heavy atom. The minimum atomic E-state index is -5.18. The quantitative estimate of drug-likeness (QED) is 0.292. The number of benzene rings is 2. The molecule has 0 aliphatic carbocycles. The molecular formula is C30H28F9N3O3. The van der Waals surface area contributed by atoms with Crippen molar-refractivity contribution in [2.75, 3.05) is 30.0 Å². The van der Waals surface area contributed by atoms with E-state index in [1.807, 2.05) is 0 Å². The third-order valence-electron chi connectivity index (χ3n) is 7.80. The van der Waals surface area contributed by atoms with Crippen LogP contribution >= 0.6 is 0 Å². The zero-order chi connectivity index (χ0) is 33.7. The molecule has 45 heavy (non-hydrogen) atoms. The van der Waals surface area contributed by atoms with Crippen LogP contribution in [0.3, 0.4) is 0 Å². The summed E-state index contributed by atoms with van der Waals surface area (Å²) in [6.45, 7) is 1.80. The third-order valence-corrected chi connectivity index (χ3v) is 7.80. The van der Waals surface area contributed by atoms with Crippen LogP contribution in [0, 0.1) is 0 Å². The van der Waals surface area contributed by atoms with Crippen LogP contribution in [0.2, 0.25) is 0 Å². The van der Waals surface area contributed by atoms with Gasteiger partial charge in [0.2, 0.25) is 5.91 Å². The first-order valence-corrected chi connectivity index (χ1v) is 13.5. The SMILES string of the molecule is CN(C(=O)C(C)(C)c1cc(C(F)(F)F)cc(C(F)(F)F)c1)c1cnc(N2CC(O)CC2CO)cc1-c1ccccc1C(F)(F)F. The topological polar surface area (TPSA) is 76.9 Å². The summed E-state index contributed by atoms with van der Waals surface area (Å²) in [5.41, 5.74) is -7.82. The van der Waals surface area contributed by atoms with Gasteiger partial charge >= 0.3 is 18.5 Å². The van der Waals surface area contributed by atoms with E-state index >= 15 is 0 Å². The Balaban J connectivity index is 1.88. The largest absolute Gasteiger partial charge is 0.417 e. The van der Waals surface area contributed by atoms with Crippen LogP contribution in [0.1, 0.15) is 42.5 Å². The van der Waals surface area contributed by atoms with Crippen LogP contribution < -0.4 is 9.80 Å². The molecule has 0 bridgehead atoms. The number of amides is 1. The van der Waals surface area contributed by atoms with E-state index in [2.05, 4.69) is 4.98 Å². The number of aromatic nitrogens is 1. The number of aliphatic hydroxyl groups excluding tert-OH is 2. The lowest BCUT2D eigenvalue weighted by molar-refractivity contribution is -0.143. The lowest BCUT2D eigenvalue weighted by Crippen LogP contribution is -2.42. The van der Waals surface area contributed by atoms with Gasteiger partial charge in [0.15, 0.2) is 0 Å². The first kappa shape index (κ1) is 34.0. The van der Waals surface area contributed by atoms with Crippen molar-refractivity contribution in [3.8, 4) is 11.1 Å². The molecule has 0 saturated carbocycles. The fourth-order valence-electron chi connectivity index (χ4n) is 5.36. The van der Waals surface area contributed by atoms with Gasteiger partial charge in [-0.25, -0.2) is 4.98 Å². The highest BCUT2D eigenvalue weighted by Gasteiger charge is 2.42. The summed E-state index contributed by atoms with van der Waals surface area (Å²) in [6.07, 6.45) is -14.9. The van der Waals surface area contributed by atoms with Crippen molar-refractivity contribution in [2.45, 2.75) is 56.4 Å². The van der Waals surface area contributed by atoms with Crippen LogP contribution in [0.4, 0.5) is 51.0 Å². The maximum absolute atomic E-state index is 14.1. The second-order valence-corrected chi connectivity index (χ2v) is 11.3. The number of halogens is 9. The van der Waals surface area contributed by atoms with E-state index in [1.165, 1.54) is 17.0 Å². The van der Waals surface area contributed by atoms with Crippen molar-refractivity contribution < 1.29 is 54.5 Å². The van der Waals surface area contributed by atoms with Gasteiger partial charge in [-0.2, -0.15) is 39.5 Å². The first-order chi connectivity index (χ1) is 20.7. The van der Waals surface area contributed by atoms with E-state index < -0.39 is 70.9 Å². The summed E-state index contributed by atoms with van der Waals surface area (Å²) in [5, 5.41) is 19.9. The number of aliphatic hydroxyl groups is 2. The molecule has 1 aromatic heterocycles. The number of rotatable bonds is 6. The third kappa shape index (κ3) is 6.88. The number of carbonyl (C=O) groups excluding carboxylic acids is 1. The molecule has 0 radical (unpaired) electrons. The number of alkyl halides is 9. The molecule has 244 valence electrons. The van der Waals surface area contributed by atoms with Crippen LogP contribution in [-0.4, -0.2) is 53.4 Å². The molecule has 1 fully saturated rings. The summed E-state index contributed by atoms with van der Waals surface area (Å²) in [7, 11) is 1.12. The summed E-state index contributed by atoms with van der Waals surface area (Å²) in [5.74, 6) is -0.978. The maximum Gasteiger partial charge on any atom is 0.417 e. The van der Waals surface area contributed by atoms with Crippen molar-refractivity contribution in [3.63, 3.8) is 0 Å². The number of carbonyl (C=O) groups is 1. The second-order valence-electron chi connectivity index (χ2n) is 11.3. The van der Waals surface area contributed by atoms with Gasteiger partial charge in [0.1, 0.15) is 5.82 Å². The number of hydrogen-bond donors (Lipinski definition) is 2. The second kappa shape index (κ2) is 11.8. The van der Waals surface area contributed by atoms with Crippen LogP contribution in [0.25, 0.3) is 11.1 Å². The number of anilines is 2. The molecule has 1 saturated heterocycles. The Kier molecular flexibility index (Phi) is 8.94. The fourth-order valence-corrected chi connectivity index (χ4v) is 5.36. The Morgan fingerprint density at radius 2 is 1.44 bits per heavy atom. The van der Waals surface area contributed by atoms with Crippen molar-refractivity contribution in [2.24, 2.45) is 0 Å². The molecule has 4 rings (SSSR count). The predicted octanol–water partition coefficient (Wildman–Crippen LogP) is 6.68. The zero-order valence-electron chi connectivity index (χ0n) is 24.0. The fraction of sp³-hybridized carbons (Fsp3) is 0.400. The highest BCUT2D eigenvalue weighted by atomic mass is 19.4. The molecule has 15 heteroatoms. The molecule has 3 aromatic rings. The van der Waals surface area contributed by atoms with Crippen molar-refractivity contribution >= 4 is 17.4 Å². The molecular weight excluding hydrogens is 621 g/mol. The van der Waals surface area contributed by atoms with E-state index in [1.54, 1.807) is 0 Å². The van der Waals surface area contributed by atoms with Gasteiger partial charge in [0.05, 0.1) is 52.7 Å². The van der Waals surface area contributed by atoms with Gasteiger partial charge in [-0.05, 0) is 61.7 Å². The van der Waals surface area contributed by atoms with Gasteiger partial charge in [-0.3, -0.25) is 4.79 Å². The van der Waals surface area contributed by atoms with E-state index in [-0.39, 0.29) is 41.7 Å². The van der Waals surface area contributed by atoms with Gasteiger partial charge in [-0.1, -0.05) is 18.2 Å². The highest BCUT2D eigenvalue weighted by molar-refractivity contribution is 6.03. The lowest BCUT2D eigenvalue weighted by atomic mass is 9.81. The van der Waals surface area contributed by atoms with E-state index in [9.17, 15) is 54.5 Å².